The molecule has 0 bridgehead atoms. The molecule has 0 amide bonds. The van der Waals surface area contributed by atoms with E-state index in [2.05, 4.69) is 11.9 Å². The summed E-state index contributed by atoms with van der Waals surface area (Å²) in [5.41, 5.74) is 0. The maximum atomic E-state index is 9.81. The molecule has 0 radical (unpaired) electrons. The van der Waals surface area contributed by atoms with Gasteiger partial charge in [0.15, 0.2) is 0 Å². The third-order valence-electron chi connectivity index (χ3n) is 2.87. The van der Waals surface area contributed by atoms with Crippen molar-refractivity contribution in [3.8, 4) is 0 Å². The lowest BCUT2D eigenvalue weighted by Crippen LogP contribution is -2.19. The van der Waals surface area contributed by atoms with E-state index < -0.39 is 0 Å². The van der Waals surface area contributed by atoms with Crippen LogP contribution in [0.3, 0.4) is 0 Å². The molecule has 2 rings (SSSR count). The predicted molar refractivity (Wildman–Crippen MR) is 69.2 cm³/mol. The summed E-state index contributed by atoms with van der Waals surface area (Å²) in [5.74, 6) is 1.35. The van der Waals surface area contributed by atoms with Gasteiger partial charge in [-0.1, -0.05) is 11.6 Å². The van der Waals surface area contributed by atoms with Crippen LogP contribution in [0, 0.1) is 5.92 Å². The predicted octanol–water partition coefficient (Wildman–Crippen LogP) is 2.35. The molecule has 0 aromatic heterocycles. The molecule has 0 spiro atoms. The van der Waals surface area contributed by atoms with Crippen molar-refractivity contribution in [2.75, 3.05) is 25.9 Å². The summed E-state index contributed by atoms with van der Waals surface area (Å²) in [4.78, 5) is 3.39. The van der Waals surface area contributed by atoms with Gasteiger partial charge >= 0.3 is 0 Å². The Hall–Kier alpha value is -0.220. The summed E-state index contributed by atoms with van der Waals surface area (Å²) in [6.07, 6.45) is -0.176. The van der Waals surface area contributed by atoms with Crippen molar-refractivity contribution in [3.63, 3.8) is 0 Å². The topological polar surface area (TPSA) is 23.5 Å². The lowest BCUT2D eigenvalue weighted by atomic mass is 10.1. The molecule has 1 N–H and O–H groups in total. The van der Waals surface area contributed by atoms with E-state index in [0.717, 1.165) is 23.9 Å². The van der Waals surface area contributed by atoms with E-state index in [9.17, 15) is 5.11 Å². The van der Waals surface area contributed by atoms with Crippen molar-refractivity contribution >= 4 is 23.4 Å². The number of thioether (sulfide) groups is 1. The van der Waals surface area contributed by atoms with Crippen LogP contribution in [0.4, 0.5) is 0 Å². The fourth-order valence-electron chi connectivity index (χ4n) is 1.96. The Morgan fingerprint density at radius 1 is 1.38 bits per heavy atom. The van der Waals surface area contributed by atoms with Crippen molar-refractivity contribution in [1.82, 2.24) is 4.90 Å². The smallest absolute Gasteiger partial charge is 0.0715 e. The summed E-state index contributed by atoms with van der Waals surface area (Å²) < 4.78 is 0. The first kappa shape index (κ1) is 12.2. The number of likely N-dealkylation sites (N-methyl/N-ethyl adjacent to an activating group) is 1. The van der Waals surface area contributed by atoms with E-state index in [0.29, 0.717) is 5.92 Å². The molecule has 1 fully saturated rings. The molecular weight excluding hydrogens is 242 g/mol. The molecule has 1 aliphatic heterocycles. The summed E-state index contributed by atoms with van der Waals surface area (Å²) >= 11 is 7.61. The SMILES string of the molecule is CN1C[C@@H](CSc2ccc(Cl)cc2)[C@H](O)C1. The highest BCUT2D eigenvalue weighted by Gasteiger charge is 2.28. The Labute approximate surface area is 106 Å². The lowest BCUT2D eigenvalue weighted by molar-refractivity contribution is 0.152. The zero-order valence-electron chi connectivity index (χ0n) is 9.27. The van der Waals surface area contributed by atoms with Gasteiger partial charge in [0.05, 0.1) is 6.10 Å². The van der Waals surface area contributed by atoms with Gasteiger partial charge in [-0.25, -0.2) is 0 Å². The van der Waals surface area contributed by atoms with Crippen LogP contribution in [0.15, 0.2) is 29.2 Å². The van der Waals surface area contributed by atoms with Crippen LogP contribution in [0.1, 0.15) is 0 Å². The fraction of sp³-hybridized carbons (Fsp3) is 0.500. The number of halogens is 1. The first-order valence-electron chi connectivity index (χ1n) is 5.40. The molecule has 1 aliphatic rings. The van der Waals surface area contributed by atoms with Gasteiger partial charge in [0.2, 0.25) is 0 Å². The zero-order valence-corrected chi connectivity index (χ0v) is 10.8. The van der Waals surface area contributed by atoms with Gasteiger partial charge in [0.1, 0.15) is 0 Å². The van der Waals surface area contributed by atoms with E-state index in [4.69, 9.17) is 11.6 Å². The van der Waals surface area contributed by atoms with Crippen LogP contribution < -0.4 is 0 Å². The number of aliphatic hydroxyl groups is 1. The number of nitrogens with zero attached hydrogens (tertiary/aromatic N) is 1. The summed E-state index contributed by atoms with van der Waals surface area (Å²) in [5, 5.41) is 10.6. The van der Waals surface area contributed by atoms with Gasteiger partial charge in [0.25, 0.3) is 0 Å². The number of benzene rings is 1. The highest BCUT2D eigenvalue weighted by molar-refractivity contribution is 7.99. The van der Waals surface area contributed by atoms with Crippen LogP contribution in [0.25, 0.3) is 0 Å². The maximum Gasteiger partial charge on any atom is 0.0715 e. The van der Waals surface area contributed by atoms with Crippen molar-refractivity contribution in [2.45, 2.75) is 11.0 Å². The first-order valence-corrected chi connectivity index (χ1v) is 6.76. The highest BCUT2D eigenvalue weighted by Crippen LogP contribution is 2.26. The molecule has 1 aromatic carbocycles. The second-order valence-corrected chi connectivity index (χ2v) is 5.84. The third-order valence-corrected chi connectivity index (χ3v) is 4.32. The van der Waals surface area contributed by atoms with Gasteiger partial charge in [0, 0.05) is 34.7 Å². The van der Waals surface area contributed by atoms with Crippen LogP contribution in [0.5, 0.6) is 0 Å². The Bertz CT molecular complexity index is 343. The van der Waals surface area contributed by atoms with E-state index in [1.807, 2.05) is 24.3 Å². The van der Waals surface area contributed by atoms with Crippen molar-refractivity contribution in [1.29, 1.82) is 0 Å². The van der Waals surface area contributed by atoms with Crippen molar-refractivity contribution in [3.05, 3.63) is 29.3 Å². The molecule has 0 saturated carbocycles. The monoisotopic (exact) mass is 257 g/mol. The number of β-amino-alcohol motifs (C(OH)–C–C–N with tert-alkyl or cyclic N) is 1. The van der Waals surface area contributed by atoms with E-state index in [1.54, 1.807) is 11.8 Å². The van der Waals surface area contributed by atoms with Crippen molar-refractivity contribution in [2.24, 2.45) is 5.92 Å². The first-order chi connectivity index (χ1) is 7.65. The van der Waals surface area contributed by atoms with Gasteiger partial charge in [-0.05, 0) is 31.3 Å². The quantitative estimate of drug-likeness (QED) is 0.841. The number of rotatable bonds is 3. The molecule has 1 heterocycles. The van der Waals surface area contributed by atoms with Gasteiger partial charge < -0.3 is 10.0 Å². The number of aliphatic hydroxyl groups excluding tert-OH is 1. The normalized spacial score (nSPS) is 26.2. The second kappa shape index (κ2) is 5.41. The summed E-state index contributed by atoms with van der Waals surface area (Å²) in [6.45, 7) is 1.79. The second-order valence-electron chi connectivity index (χ2n) is 4.31. The molecule has 2 atom stereocenters. The molecule has 4 heteroatoms. The van der Waals surface area contributed by atoms with Crippen LogP contribution >= 0.6 is 23.4 Å². The zero-order chi connectivity index (χ0) is 11.5. The fourth-order valence-corrected chi connectivity index (χ4v) is 3.15. The third kappa shape index (κ3) is 3.14. The standard InChI is InChI=1S/C12H16ClNOS/c1-14-6-9(12(15)7-14)8-16-11-4-2-10(13)3-5-11/h2-5,9,12,15H,6-8H2,1H3/t9-,12+/m0/s1. The average molecular weight is 258 g/mol. The van der Waals surface area contributed by atoms with Crippen LogP contribution in [-0.2, 0) is 0 Å². The molecule has 2 nitrogen and oxygen atoms in total. The minimum absolute atomic E-state index is 0.176. The number of hydrogen-bond acceptors (Lipinski definition) is 3. The van der Waals surface area contributed by atoms with Crippen LogP contribution in [-0.4, -0.2) is 42.0 Å². The molecule has 0 unspecified atom stereocenters. The van der Waals surface area contributed by atoms with Crippen LogP contribution in [0.2, 0.25) is 5.02 Å². The Morgan fingerprint density at radius 3 is 2.62 bits per heavy atom. The average Bonchev–Trinajstić information content (AvgIpc) is 2.57. The molecule has 88 valence electrons. The molecule has 1 aromatic rings. The van der Waals surface area contributed by atoms with E-state index in [1.165, 1.54) is 4.90 Å². The molecular formula is C12H16ClNOS. The van der Waals surface area contributed by atoms with Gasteiger partial charge in [-0.2, -0.15) is 0 Å². The van der Waals surface area contributed by atoms with E-state index in [-0.39, 0.29) is 6.10 Å². The summed E-state index contributed by atoms with van der Waals surface area (Å²) in [7, 11) is 2.05. The van der Waals surface area contributed by atoms with Gasteiger partial charge in [-0.15, -0.1) is 11.8 Å². The highest BCUT2D eigenvalue weighted by atomic mass is 35.5. The molecule has 1 saturated heterocycles. The molecule has 16 heavy (non-hydrogen) atoms. The number of hydrogen-bond donors (Lipinski definition) is 1. The Balaban J connectivity index is 1.85. The largest absolute Gasteiger partial charge is 0.391 e. The lowest BCUT2D eigenvalue weighted by Gasteiger charge is -2.12. The van der Waals surface area contributed by atoms with Gasteiger partial charge in [-0.3, -0.25) is 0 Å². The summed E-state index contributed by atoms with van der Waals surface area (Å²) in [6, 6.07) is 7.86. The Morgan fingerprint density at radius 2 is 2.06 bits per heavy atom. The van der Waals surface area contributed by atoms with E-state index >= 15 is 0 Å². The maximum absolute atomic E-state index is 9.81. The minimum atomic E-state index is -0.176. The molecule has 0 aliphatic carbocycles. The Kier molecular flexibility index (Phi) is 4.14. The number of likely N-dealkylation sites (tertiary alicyclic amines) is 1. The minimum Gasteiger partial charge on any atom is -0.391 e. The van der Waals surface area contributed by atoms with Crippen molar-refractivity contribution < 1.29 is 5.11 Å².